The van der Waals surface area contributed by atoms with Gasteiger partial charge in [-0.3, -0.25) is 20.4 Å². The Labute approximate surface area is 144 Å². The van der Waals surface area contributed by atoms with Crippen molar-refractivity contribution in [3.63, 3.8) is 0 Å². The Hall–Kier alpha value is -1.93. The number of thiophene rings is 1. The third kappa shape index (κ3) is 5.99. The van der Waals surface area contributed by atoms with Gasteiger partial charge in [0.25, 0.3) is 5.91 Å². The molecule has 2 amide bonds. The van der Waals surface area contributed by atoms with Crippen molar-refractivity contribution >= 4 is 39.1 Å². The van der Waals surface area contributed by atoms with Crippen LogP contribution in [0.3, 0.4) is 0 Å². The lowest BCUT2D eigenvalue weighted by Gasteiger charge is -2.07. The molecule has 0 fully saturated rings. The number of carbonyl (C=O) groups is 2. The van der Waals surface area contributed by atoms with Crippen molar-refractivity contribution in [2.45, 2.75) is 12.8 Å². The molecule has 2 rings (SSSR count). The summed E-state index contributed by atoms with van der Waals surface area (Å²) in [5, 5.41) is 0. The van der Waals surface area contributed by atoms with Gasteiger partial charge in [0.15, 0.2) is 0 Å². The van der Waals surface area contributed by atoms with Gasteiger partial charge in [-0.15, -0.1) is 11.3 Å². The van der Waals surface area contributed by atoms with Crippen LogP contribution >= 0.6 is 27.3 Å². The summed E-state index contributed by atoms with van der Waals surface area (Å²) in [5.41, 5.74) is 4.67. The van der Waals surface area contributed by atoms with E-state index < -0.39 is 0 Å². The SMILES string of the molecule is O=C(CCCOc1cccc(F)c1)NNC(=O)c1ccc(Br)s1. The lowest BCUT2D eigenvalue weighted by Crippen LogP contribution is -2.41. The van der Waals surface area contributed by atoms with Crippen LogP contribution in [0.5, 0.6) is 5.75 Å². The molecule has 1 aromatic carbocycles. The largest absolute Gasteiger partial charge is 0.493 e. The fraction of sp³-hybridized carbons (Fsp3) is 0.200. The summed E-state index contributed by atoms with van der Waals surface area (Å²) >= 11 is 4.53. The van der Waals surface area contributed by atoms with E-state index in [1.165, 1.54) is 23.5 Å². The van der Waals surface area contributed by atoms with E-state index in [2.05, 4.69) is 26.8 Å². The number of carbonyl (C=O) groups excluding carboxylic acids is 2. The standard InChI is InChI=1S/C15H14BrFN2O3S/c16-13-7-6-12(23-13)15(21)19-18-14(20)5-2-8-22-11-4-1-3-10(17)9-11/h1,3-4,6-7,9H,2,5,8H2,(H,18,20)(H,19,21). The van der Waals surface area contributed by atoms with Crippen LogP contribution in [0.1, 0.15) is 22.5 Å². The van der Waals surface area contributed by atoms with E-state index >= 15 is 0 Å². The first-order valence-electron chi connectivity index (χ1n) is 6.77. The Kier molecular flexibility index (Phi) is 6.54. The number of hydrogen-bond donors (Lipinski definition) is 2. The van der Waals surface area contributed by atoms with Gasteiger partial charge in [-0.05, 0) is 46.6 Å². The summed E-state index contributed by atoms with van der Waals surface area (Å²) in [4.78, 5) is 23.8. The molecule has 5 nitrogen and oxygen atoms in total. The normalized spacial score (nSPS) is 10.2. The van der Waals surface area contributed by atoms with E-state index in [9.17, 15) is 14.0 Å². The third-order valence-electron chi connectivity index (χ3n) is 2.73. The van der Waals surface area contributed by atoms with Gasteiger partial charge in [-0.25, -0.2) is 4.39 Å². The maximum Gasteiger partial charge on any atom is 0.279 e. The molecule has 0 saturated carbocycles. The Bertz CT molecular complexity index is 693. The van der Waals surface area contributed by atoms with Gasteiger partial charge in [0.1, 0.15) is 11.6 Å². The van der Waals surface area contributed by atoms with Gasteiger partial charge in [-0.1, -0.05) is 6.07 Å². The Balaban J connectivity index is 1.62. The molecule has 0 unspecified atom stereocenters. The average molecular weight is 401 g/mol. The molecular formula is C15H14BrFN2O3S. The van der Waals surface area contributed by atoms with Crippen LogP contribution in [0.2, 0.25) is 0 Å². The smallest absolute Gasteiger partial charge is 0.279 e. The first kappa shape index (κ1) is 17.4. The van der Waals surface area contributed by atoms with Crippen LogP contribution < -0.4 is 15.6 Å². The van der Waals surface area contributed by atoms with Crippen LogP contribution in [0.25, 0.3) is 0 Å². The monoisotopic (exact) mass is 400 g/mol. The molecule has 0 spiro atoms. The first-order valence-corrected chi connectivity index (χ1v) is 8.38. The van der Waals surface area contributed by atoms with E-state index in [1.807, 2.05) is 0 Å². The molecule has 122 valence electrons. The number of nitrogens with one attached hydrogen (secondary N) is 2. The van der Waals surface area contributed by atoms with Crippen molar-refractivity contribution in [2.24, 2.45) is 0 Å². The molecule has 23 heavy (non-hydrogen) atoms. The highest BCUT2D eigenvalue weighted by Crippen LogP contribution is 2.21. The molecular weight excluding hydrogens is 387 g/mol. The van der Waals surface area contributed by atoms with Gasteiger partial charge in [0.2, 0.25) is 5.91 Å². The number of benzene rings is 1. The average Bonchev–Trinajstić information content (AvgIpc) is 2.96. The molecule has 8 heteroatoms. The summed E-state index contributed by atoms with van der Waals surface area (Å²) in [7, 11) is 0. The van der Waals surface area contributed by atoms with E-state index in [-0.39, 0.29) is 30.7 Å². The second-order valence-electron chi connectivity index (χ2n) is 4.52. The topological polar surface area (TPSA) is 67.4 Å². The second kappa shape index (κ2) is 8.64. The molecule has 1 heterocycles. The predicted molar refractivity (Wildman–Crippen MR) is 88.8 cm³/mol. The van der Waals surface area contributed by atoms with E-state index in [4.69, 9.17) is 4.74 Å². The van der Waals surface area contributed by atoms with Crippen molar-refractivity contribution in [1.82, 2.24) is 10.9 Å². The zero-order valence-electron chi connectivity index (χ0n) is 12.0. The summed E-state index contributed by atoms with van der Waals surface area (Å²) in [6.07, 6.45) is 0.631. The molecule has 0 bridgehead atoms. The highest BCUT2D eigenvalue weighted by molar-refractivity contribution is 9.11. The Morgan fingerprint density at radius 1 is 1.22 bits per heavy atom. The lowest BCUT2D eigenvalue weighted by molar-refractivity contribution is -0.122. The quantitative estimate of drug-likeness (QED) is 0.577. The van der Waals surface area contributed by atoms with Crippen molar-refractivity contribution in [3.05, 3.63) is 50.9 Å². The highest BCUT2D eigenvalue weighted by Gasteiger charge is 2.09. The maximum absolute atomic E-state index is 12.9. The number of amides is 2. The van der Waals surface area contributed by atoms with Gasteiger partial charge in [0, 0.05) is 12.5 Å². The molecule has 0 aliphatic rings. The molecule has 0 aliphatic carbocycles. The lowest BCUT2D eigenvalue weighted by atomic mass is 10.3. The van der Waals surface area contributed by atoms with Gasteiger partial charge >= 0.3 is 0 Å². The first-order chi connectivity index (χ1) is 11.0. The number of hydrogen-bond acceptors (Lipinski definition) is 4. The number of ether oxygens (including phenoxy) is 1. The molecule has 2 aromatic rings. The Morgan fingerprint density at radius 2 is 2.04 bits per heavy atom. The number of rotatable bonds is 6. The van der Waals surface area contributed by atoms with E-state index in [0.717, 1.165) is 3.79 Å². The van der Waals surface area contributed by atoms with Crippen LogP contribution in [0.15, 0.2) is 40.2 Å². The molecule has 0 aliphatic heterocycles. The van der Waals surface area contributed by atoms with Crippen molar-refractivity contribution in [1.29, 1.82) is 0 Å². The summed E-state index contributed by atoms with van der Waals surface area (Å²) in [5.74, 6) is -0.646. The van der Waals surface area contributed by atoms with Gasteiger partial charge in [0.05, 0.1) is 15.3 Å². The van der Waals surface area contributed by atoms with E-state index in [0.29, 0.717) is 17.0 Å². The predicted octanol–water partition coefficient (Wildman–Crippen LogP) is 3.27. The van der Waals surface area contributed by atoms with Crippen LogP contribution in [-0.4, -0.2) is 18.4 Å². The third-order valence-corrected chi connectivity index (χ3v) is 4.35. The summed E-state index contributed by atoms with van der Waals surface area (Å²) in [6.45, 7) is 0.280. The second-order valence-corrected chi connectivity index (χ2v) is 6.98. The van der Waals surface area contributed by atoms with Crippen LogP contribution in [-0.2, 0) is 4.79 Å². The van der Waals surface area contributed by atoms with Gasteiger partial charge < -0.3 is 4.74 Å². The molecule has 0 atom stereocenters. The highest BCUT2D eigenvalue weighted by atomic mass is 79.9. The minimum atomic E-state index is -0.372. The Morgan fingerprint density at radius 3 is 2.74 bits per heavy atom. The van der Waals surface area contributed by atoms with Crippen LogP contribution in [0, 0.1) is 5.82 Å². The molecule has 0 saturated heterocycles. The van der Waals surface area contributed by atoms with Gasteiger partial charge in [-0.2, -0.15) is 0 Å². The molecule has 2 N–H and O–H groups in total. The zero-order chi connectivity index (χ0) is 16.7. The zero-order valence-corrected chi connectivity index (χ0v) is 14.4. The van der Waals surface area contributed by atoms with Crippen LogP contribution in [0.4, 0.5) is 4.39 Å². The molecule has 1 aromatic heterocycles. The van der Waals surface area contributed by atoms with Crippen molar-refractivity contribution < 1.29 is 18.7 Å². The number of hydrazine groups is 1. The summed E-state index contributed by atoms with van der Waals surface area (Å²) in [6, 6.07) is 9.21. The van der Waals surface area contributed by atoms with E-state index in [1.54, 1.807) is 24.3 Å². The molecule has 0 radical (unpaired) electrons. The number of halogens is 2. The fourth-order valence-corrected chi connectivity index (χ4v) is 2.95. The maximum atomic E-state index is 12.9. The van der Waals surface area contributed by atoms with Crippen molar-refractivity contribution in [2.75, 3.05) is 6.61 Å². The minimum absolute atomic E-state index is 0.184. The van der Waals surface area contributed by atoms with Crippen molar-refractivity contribution in [3.8, 4) is 5.75 Å². The fourth-order valence-electron chi connectivity index (χ4n) is 1.67. The summed E-state index contributed by atoms with van der Waals surface area (Å²) < 4.78 is 19.1. The minimum Gasteiger partial charge on any atom is -0.493 e.